The average Bonchev–Trinajstić information content (AvgIpc) is 2.59. The monoisotopic (exact) mass is 346 g/mol. The number of hydrogen-bond donors (Lipinski definition) is 0. The zero-order valence-corrected chi connectivity index (χ0v) is 16.5. The molecule has 142 valence electrons. The number of hydrogen-bond acceptors (Lipinski definition) is 2. The molecular formula is C23H38O2. The molecule has 25 heavy (non-hydrogen) atoms. The van der Waals surface area contributed by atoms with Crippen LogP contribution in [0.3, 0.4) is 0 Å². The van der Waals surface area contributed by atoms with Gasteiger partial charge in [0.25, 0.3) is 0 Å². The fourth-order valence-electron chi connectivity index (χ4n) is 3.17. The number of rotatable bonds is 15. The zero-order valence-electron chi connectivity index (χ0n) is 16.5. The first-order valence-corrected chi connectivity index (χ1v) is 10.4. The lowest BCUT2D eigenvalue weighted by molar-refractivity contribution is -0.142. The minimum Gasteiger partial charge on any atom is -0.465 e. The van der Waals surface area contributed by atoms with Crippen LogP contribution in [0.5, 0.6) is 0 Å². The summed E-state index contributed by atoms with van der Waals surface area (Å²) in [4.78, 5) is 11.8. The zero-order chi connectivity index (χ0) is 18.2. The molecule has 0 fully saturated rings. The molecule has 1 rings (SSSR count). The van der Waals surface area contributed by atoms with Gasteiger partial charge in [-0.2, -0.15) is 0 Å². The van der Waals surface area contributed by atoms with Gasteiger partial charge in [-0.05, 0) is 18.9 Å². The van der Waals surface area contributed by atoms with Gasteiger partial charge < -0.3 is 4.74 Å². The van der Waals surface area contributed by atoms with Gasteiger partial charge in [0.05, 0.1) is 13.0 Å². The lowest BCUT2D eigenvalue weighted by Crippen LogP contribution is -2.09. The van der Waals surface area contributed by atoms with E-state index in [1.54, 1.807) is 0 Å². The molecule has 0 aromatic heterocycles. The van der Waals surface area contributed by atoms with E-state index >= 15 is 0 Å². The van der Waals surface area contributed by atoms with Crippen LogP contribution in [0.25, 0.3) is 0 Å². The van der Waals surface area contributed by atoms with Crippen LogP contribution in [0.4, 0.5) is 0 Å². The van der Waals surface area contributed by atoms with E-state index in [1.807, 2.05) is 31.2 Å². The van der Waals surface area contributed by atoms with E-state index in [-0.39, 0.29) is 5.97 Å². The van der Waals surface area contributed by atoms with Gasteiger partial charge in [0.2, 0.25) is 0 Å². The molecule has 0 unspecified atom stereocenters. The minimum absolute atomic E-state index is 0.103. The predicted octanol–water partition coefficient (Wildman–Crippen LogP) is 6.78. The Labute approximate surface area is 155 Å². The van der Waals surface area contributed by atoms with Crippen molar-refractivity contribution >= 4 is 5.97 Å². The van der Waals surface area contributed by atoms with E-state index in [2.05, 4.69) is 6.92 Å². The van der Waals surface area contributed by atoms with Gasteiger partial charge in [0.1, 0.15) is 0 Å². The van der Waals surface area contributed by atoms with Crippen molar-refractivity contribution in [3.8, 4) is 0 Å². The predicted molar refractivity (Wildman–Crippen MR) is 107 cm³/mol. The van der Waals surface area contributed by atoms with Gasteiger partial charge >= 0.3 is 5.97 Å². The smallest absolute Gasteiger partial charge is 0.310 e. The Kier molecular flexibility index (Phi) is 13.0. The quantitative estimate of drug-likeness (QED) is 0.258. The molecule has 0 atom stereocenters. The van der Waals surface area contributed by atoms with Crippen molar-refractivity contribution in [2.75, 3.05) is 6.61 Å². The largest absolute Gasteiger partial charge is 0.465 e. The van der Waals surface area contributed by atoms with Crippen LogP contribution in [0.15, 0.2) is 24.3 Å². The Morgan fingerprint density at radius 3 is 1.96 bits per heavy atom. The molecular weight excluding hydrogens is 308 g/mol. The van der Waals surface area contributed by atoms with Crippen LogP contribution < -0.4 is 0 Å². The van der Waals surface area contributed by atoms with E-state index in [9.17, 15) is 4.79 Å². The second-order valence-corrected chi connectivity index (χ2v) is 7.28. The Bertz CT molecular complexity index is 453. The molecule has 0 spiro atoms. The van der Waals surface area contributed by atoms with Crippen LogP contribution in [0.2, 0.25) is 0 Å². The van der Waals surface area contributed by atoms with Crippen molar-refractivity contribution in [3.63, 3.8) is 0 Å². The molecule has 0 heterocycles. The third kappa shape index (κ3) is 12.7. The molecule has 0 aliphatic carbocycles. The third-order valence-electron chi connectivity index (χ3n) is 4.69. The molecule has 1 aromatic rings. The molecule has 2 nitrogen and oxygen atoms in total. The van der Waals surface area contributed by atoms with Gasteiger partial charge in [0.15, 0.2) is 0 Å². The number of esters is 1. The van der Waals surface area contributed by atoms with E-state index in [1.165, 1.54) is 76.2 Å². The number of ether oxygens (including phenoxy) is 1. The van der Waals surface area contributed by atoms with Gasteiger partial charge in [-0.15, -0.1) is 0 Å². The standard InChI is InChI=1S/C23H38O2/c1-3-4-5-6-7-8-9-10-11-12-13-14-18-25-23(24)20-22-17-15-16-21(2)19-22/h15-17,19H,3-14,18,20H2,1-2H3. The molecule has 0 amide bonds. The highest BCUT2D eigenvalue weighted by Crippen LogP contribution is 2.12. The first-order chi connectivity index (χ1) is 12.2. The maximum Gasteiger partial charge on any atom is 0.310 e. The van der Waals surface area contributed by atoms with Crippen LogP contribution >= 0.6 is 0 Å². The molecule has 0 N–H and O–H groups in total. The average molecular weight is 347 g/mol. The summed E-state index contributed by atoms with van der Waals surface area (Å²) in [6, 6.07) is 8.06. The number of carbonyl (C=O) groups excluding carboxylic acids is 1. The van der Waals surface area contributed by atoms with Crippen molar-refractivity contribution in [1.29, 1.82) is 0 Å². The van der Waals surface area contributed by atoms with Gasteiger partial charge in [-0.1, -0.05) is 107 Å². The summed E-state index contributed by atoms with van der Waals surface area (Å²) >= 11 is 0. The summed E-state index contributed by atoms with van der Waals surface area (Å²) < 4.78 is 5.34. The number of carbonyl (C=O) groups is 1. The Morgan fingerprint density at radius 1 is 0.840 bits per heavy atom. The molecule has 1 aromatic carbocycles. The second-order valence-electron chi connectivity index (χ2n) is 7.28. The fourth-order valence-corrected chi connectivity index (χ4v) is 3.17. The molecule has 2 heteroatoms. The molecule has 0 bridgehead atoms. The van der Waals surface area contributed by atoms with Crippen molar-refractivity contribution in [3.05, 3.63) is 35.4 Å². The topological polar surface area (TPSA) is 26.3 Å². The Morgan fingerprint density at radius 2 is 1.40 bits per heavy atom. The van der Waals surface area contributed by atoms with E-state index in [4.69, 9.17) is 4.74 Å². The van der Waals surface area contributed by atoms with Crippen LogP contribution in [-0.2, 0) is 16.0 Å². The summed E-state index contributed by atoms with van der Waals surface area (Å²) in [7, 11) is 0. The molecule has 0 radical (unpaired) electrons. The number of unbranched alkanes of at least 4 members (excludes halogenated alkanes) is 11. The fraction of sp³-hybridized carbons (Fsp3) is 0.696. The Hall–Kier alpha value is -1.31. The van der Waals surface area contributed by atoms with Crippen molar-refractivity contribution in [2.45, 2.75) is 97.3 Å². The van der Waals surface area contributed by atoms with Crippen molar-refractivity contribution in [2.24, 2.45) is 0 Å². The number of benzene rings is 1. The normalized spacial score (nSPS) is 10.8. The minimum atomic E-state index is -0.103. The lowest BCUT2D eigenvalue weighted by atomic mass is 10.1. The van der Waals surface area contributed by atoms with Crippen molar-refractivity contribution in [1.82, 2.24) is 0 Å². The summed E-state index contributed by atoms with van der Waals surface area (Å²) in [5.74, 6) is -0.103. The SMILES string of the molecule is CCCCCCCCCCCCCCOC(=O)Cc1cccc(C)c1. The maximum atomic E-state index is 11.8. The van der Waals surface area contributed by atoms with E-state index in [0.29, 0.717) is 13.0 Å². The summed E-state index contributed by atoms with van der Waals surface area (Å²) in [6.07, 6.45) is 16.3. The van der Waals surface area contributed by atoms with E-state index < -0.39 is 0 Å². The highest BCUT2D eigenvalue weighted by atomic mass is 16.5. The highest BCUT2D eigenvalue weighted by molar-refractivity contribution is 5.72. The van der Waals surface area contributed by atoms with Crippen molar-refractivity contribution < 1.29 is 9.53 Å². The molecule has 0 saturated heterocycles. The molecule has 0 saturated carbocycles. The first kappa shape index (κ1) is 21.7. The Balaban J connectivity index is 1.86. The van der Waals surface area contributed by atoms with Crippen LogP contribution in [-0.4, -0.2) is 12.6 Å². The summed E-state index contributed by atoms with van der Waals surface area (Å²) in [5.41, 5.74) is 2.23. The van der Waals surface area contributed by atoms with Gasteiger partial charge in [-0.25, -0.2) is 0 Å². The summed E-state index contributed by atoms with van der Waals surface area (Å²) in [6.45, 7) is 4.88. The highest BCUT2D eigenvalue weighted by Gasteiger charge is 2.04. The third-order valence-corrected chi connectivity index (χ3v) is 4.69. The van der Waals surface area contributed by atoms with Gasteiger partial charge in [-0.3, -0.25) is 4.79 Å². The molecule has 0 aliphatic rings. The molecule has 0 aliphatic heterocycles. The van der Waals surface area contributed by atoms with Crippen LogP contribution in [0.1, 0.15) is 95.1 Å². The lowest BCUT2D eigenvalue weighted by Gasteiger charge is -2.06. The number of aryl methyl sites for hydroxylation is 1. The second kappa shape index (κ2) is 15.0. The van der Waals surface area contributed by atoms with E-state index in [0.717, 1.165) is 12.0 Å². The van der Waals surface area contributed by atoms with Crippen LogP contribution in [0, 0.1) is 6.92 Å². The van der Waals surface area contributed by atoms with Gasteiger partial charge in [0, 0.05) is 0 Å². The summed E-state index contributed by atoms with van der Waals surface area (Å²) in [5, 5.41) is 0. The maximum absolute atomic E-state index is 11.8. The first-order valence-electron chi connectivity index (χ1n) is 10.4.